The Hall–Kier alpha value is -1.38. The second-order valence-electron chi connectivity index (χ2n) is 4.52. The van der Waals surface area contributed by atoms with Gasteiger partial charge in [0.25, 0.3) is 0 Å². The molecule has 106 valence electrons. The Morgan fingerprint density at radius 1 is 1.32 bits per heavy atom. The van der Waals surface area contributed by atoms with E-state index in [0.29, 0.717) is 37.2 Å². The molecule has 0 radical (unpaired) electrons. The number of hydrogen-bond acceptors (Lipinski definition) is 5. The predicted molar refractivity (Wildman–Crippen MR) is 63.5 cm³/mol. The van der Waals surface area contributed by atoms with Crippen LogP contribution in [0.25, 0.3) is 0 Å². The highest BCUT2D eigenvalue weighted by Crippen LogP contribution is 2.31. The van der Waals surface area contributed by atoms with Crippen LogP contribution in [-0.4, -0.2) is 21.3 Å². The van der Waals surface area contributed by atoms with Crippen molar-refractivity contribution in [3.8, 4) is 0 Å². The SMILES string of the molecule is NC(=O)C1CCC(Nc2nc(C(F)(F)F)ns2)CC1. The maximum Gasteiger partial charge on any atom is 0.452 e. The number of nitrogens with two attached hydrogens (primary N) is 1. The Bertz CT molecular complexity index is 454. The second kappa shape index (κ2) is 5.32. The quantitative estimate of drug-likeness (QED) is 0.893. The van der Waals surface area contributed by atoms with Crippen molar-refractivity contribution in [3.05, 3.63) is 5.82 Å². The van der Waals surface area contributed by atoms with Crippen LogP contribution in [0, 0.1) is 5.92 Å². The zero-order valence-corrected chi connectivity index (χ0v) is 10.7. The maximum absolute atomic E-state index is 12.3. The van der Waals surface area contributed by atoms with E-state index in [9.17, 15) is 18.0 Å². The van der Waals surface area contributed by atoms with Gasteiger partial charge in [-0.15, -0.1) is 0 Å². The third-order valence-electron chi connectivity index (χ3n) is 3.14. The van der Waals surface area contributed by atoms with Gasteiger partial charge in [-0.05, 0) is 25.7 Å². The van der Waals surface area contributed by atoms with Crippen LogP contribution < -0.4 is 11.1 Å². The van der Waals surface area contributed by atoms with Crippen molar-refractivity contribution in [1.82, 2.24) is 9.36 Å². The average Bonchev–Trinajstić information content (AvgIpc) is 2.78. The first-order chi connectivity index (χ1) is 8.86. The molecule has 0 bridgehead atoms. The number of aromatic nitrogens is 2. The molecule has 0 saturated heterocycles. The molecule has 1 aliphatic carbocycles. The van der Waals surface area contributed by atoms with Crippen LogP contribution in [-0.2, 0) is 11.0 Å². The van der Waals surface area contributed by atoms with Gasteiger partial charge in [0.05, 0.1) is 0 Å². The number of carbonyl (C=O) groups is 1. The number of nitrogens with zero attached hydrogens (tertiary/aromatic N) is 2. The largest absolute Gasteiger partial charge is 0.452 e. The summed E-state index contributed by atoms with van der Waals surface area (Å²) in [6, 6.07) is 0.0182. The van der Waals surface area contributed by atoms with Crippen molar-refractivity contribution >= 4 is 22.6 Å². The standard InChI is InChI=1S/C10H13F3N4OS/c11-10(12,13)8-16-9(19-17-8)15-6-3-1-5(2-4-6)7(14)18/h5-6H,1-4H2,(H2,14,18)(H,15,16,17). The lowest BCUT2D eigenvalue weighted by atomic mass is 9.86. The van der Waals surface area contributed by atoms with E-state index in [1.54, 1.807) is 0 Å². The fourth-order valence-corrected chi connectivity index (χ4v) is 2.76. The lowest BCUT2D eigenvalue weighted by molar-refractivity contribution is -0.144. The molecule has 0 spiro atoms. The lowest BCUT2D eigenvalue weighted by Gasteiger charge is -2.26. The minimum atomic E-state index is -4.51. The Labute approximate surface area is 111 Å². The van der Waals surface area contributed by atoms with Crippen molar-refractivity contribution in [3.63, 3.8) is 0 Å². The van der Waals surface area contributed by atoms with Crippen molar-refractivity contribution in [2.24, 2.45) is 11.7 Å². The summed E-state index contributed by atoms with van der Waals surface area (Å²) in [5.74, 6) is -1.56. The lowest BCUT2D eigenvalue weighted by Crippen LogP contribution is -2.32. The molecular weight excluding hydrogens is 281 g/mol. The van der Waals surface area contributed by atoms with Gasteiger partial charge < -0.3 is 11.1 Å². The van der Waals surface area contributed by atoms with Gasteiger partial charge in [0.1, 0.15) is 0 Å². The molecule has 1 amide bonds. The Kier molecular flexibility index (Phi) is 3.93. The number of nitrogens with one attached hydrogen (secondary N) is 1. The first-order valence-electron chi connectivity index (χ1n) is 5.83. The van der Waals surface area contributed by atoms with E-state index in [1.165, 1.54) is 0 Å². The van der Waals surface area contributed by atoms with Crippen molar-refractivity contribution in [2.75, 3.05) is 5.32 Å². The first-order valence-corrected chi connectivity index (χ1v) is 6.60. The van der Waals surface area contributed by atoms with Gasteiger partial charge in [-0.2, -0.15) is 22.5 Å². The minimum absolute atomic E-state index is 0.0182. The first kappa shape index (κ1) is 14.0. The molecule has 9 heteroatoms. The average molecular weight is 294 g/mol. The summed E-state index contributed by atoms with van der Waals surface area (Å²) in [5, 5.41) is 3.09. The molecule has 0 unspecified atom stereocenters. The van der Waals surface area contributed by atoms with Gasteiger partial charge >= 0.3 is 6.18 Å². The van der Waals surface area contributed by atoms with Crippen LogP contribution >= 0.6 is 11.5 Å². The summed E-state index contributed by atoms with van der Waals surface area (Å²) in [6.45, 7) is 0. The van der Waals surface area contributed by atoms with Crippen LogP contribution in [0.3, 0.4) is 0 Å². The smallest absolute Gasteiger partial charge is 0.369 e. The number of amides is 1. The van der Waals surface area contributed by atoms with E-state index in [0.717, 1.165) is 0 Å². The van der Waals surface area contributed by atoms with E-state index < -0.39 is 12.0 Å². The third-order valence-corrected chi connectivity index (χ3v) is 3.78. The predicted octanol–water partition coefficient (Wildman–Crippen LogP) is 2.01. The molecule has 1 heterocycles. The maximum atomic E-state index is 12.3. The van der Waals surface area contributed by atoms with Crippen LogP contribution in [0.15, 0.2) is 0 Å². The van der Waals surface area contributed by atoms with Crippen LogP contribution in [0.2, 0.25) is 0 Å². The third kappa shape index (κ3) is 3.55. The summed E-state index contributed by atoms with van der Waals surface area (Å²) in [4.78, 5) is 14.4. The minimum Gasteiger partial charge on any atom is -0.369 e. The van der Waals surface area contributed by atoms with E-state index in [-0.39, 0.29) is 23.0 Å². The number of anilines is 1. The molecule has 2 rings (SSSR count). The topological polar surface area (TPSA) is 80.9 Å². The van der Waals surface area contributed by atoms with Gasteiger partial charge in [-0.1, -0.05) is 0 Å². The Morgan fingerprint density at radius 3 is 2.42 bits per heavy atom. The van der Waals surface area contributed by atoms with Crippen molar-refractivity contribution < 1.29 is 18.0 Å². The molecular formula is C10H13F3N4OS. The van der Waals surface area contributed by atoms with Crippen molar-refractivity contribution in [2.45, 2.75) is 37.9 Å². The van der Waals surface area contributed by atoms with E-state index in [1.807, 2.05) is 0 Å². The van der Waals surface area contributed by atoms with Crippen molar-refractivity contribution in [1.29, 1.82) is 0 Å². The molecule has 1 fully saturated rings. The fraction of sp³-hybridized carbons (Fsp3) is 0.700. The molecule has 1 aliphatic rings. The number of carbonyl (C=O) groups excluding carboxylic acids is 1. The highest BCUT2D eigenvalue weighted by molar-refractivity contribution is 7.09. The van der Waals surface area contributed by atoms with Crippen LogP contribution in [0.1, 0.15) is 31.5 Å². The summed E-state index contributed by atoms with van der Waals surface area (Å²) in [7, 11) is 0. The molecule has 0 aliphatic heterocycles. The zero-order valence-electron chi connectivity index (χ0n) is 9.91. The van der Waals surface area contributed by atoms with Gasteiger partial charge in [0.2, 0.25) is 16.9 Å². The number of primary amides is 1. The monoisotopic (exact) mass is 294 g/mol. The fourth-order valence-electron chi connectivity index (χ4n) is 2.09. The summed E-state index contributed by atoms with van der Waals surface area (Å²) in [5.41, 5.74) is 5.21. The number of hydrogen-bond donors (Lipinski definition) is 2. The van der Waals surface area contributed by atoms with Crippen LogP contribution in [0.5, 0.6) is 0 Å². The van der Waals surface area contributed by atoms with E-state index in [4.69, 9.17) is 5.73 Å². The summed E-state index contributed by atoms with van der Waals surface area (Å²) in [6.07, 6.45) is -1.83. The second-order valence-corrected chi connectivity index (χ2v) is 5.27. The van der Waals surface area contributed by atoms with Gasteiger partial charge in [-0.25, -0.2) is 0 Å². The number of alkyl halides is 3. The highest BCUT2D eigenvalue weighted by atomic mass is 32.1. The number of rotatable bonds is 3. The Balaban J connectivity index is 1.89. The number of halogens is 3. The Morgan fingerprint density at radius 2 is 1.95 bits per heavy atom. The van der Waals surface area contributed by atoms with Crippen LogP contribution in [0.4, 0.5) is 18.3 Å². The molecule has 1 aromatic rings. The van der Waals surface area contributed by atoms with E-state index in [2.05, 4.69) is 14.7 Å². The molecule has 1 saturated carbocycles. The highest BCUT2D eigenvalue weighted by Gasteiger charge is 2.36. The molecule has 3 N–H and O–H groups in total. The van der Waals surface area contributed by atoms with E-state index >= 15 is 0 Å². The summed E-state index contributed by atoms with van der Waals surface area (Å²) < 4.78 is 40.2. The molecule has 1 aromatic heterocycles. The molecule has 5 nitrogen and oxygen atoms in total. The molecule has 0 aromatic carbocycles. The molecule has 0 atom stereocenters. The summed E-state index contributed by atoms with van der Waals surface area (Å²) >= 11 is 0.693. The van der Waals surface area contributed by atoms with Gasteiger partial charge in [0, 0.05) is 23.5 Å². The zero-order chi connectivity index (χ0) is 14.0. The van der Waals surface area contributed by atoms with Gasteiger partial charge in [0.15, 0.2) is 0 Å². The van der Waals surface area contributed by atoms with Gasteiger partial charge in [-0.3, -0.25) is 4.79 Å². The molecule has 19 heavy (non-hydrogen) atoms. The normalized spacial score (nSPS) is 24.2.